The molecule has 0 amide bonds. The Labute approximate surface area is 124 Å². The van der Waals surface area contributed by atoms with Crippen LogP contribution in [0.3, 0.4) is 0 Å². The average Bonchev–Trinajstić information content (AvgIpc) is 2.40. The molecule has 0 heterocycles. The number of nitriles is 1. The molecule has 0 aromatic heterocycles. The zero-order valence-electron chi connectivity index (χ0n) is 11.5. The highest BCUT2D eigenvalue weighted by Crippen LogP contribution is 2.30. The molecule has 102 valence electrons. The minimum Gasteiger partial charge on any atom is -0.385 e. The molecule has 1 fully saturated rings. The molecule has 0 aliphatic heterocycles. The lowest BCUT2D eigenvalue weighted by Crippen LogP contribution is -2.15. The summed E-state index contributed by atoms with van der Waals surface area (Å²) in [5.74, 6) is 1.80. The fourth-order valence-electron chi connectivity index (χ4n) is 2.79. The third-order valence-electron chi connectivity index (χ3n) is 4.04. The highest BCUT2D eigenvalue weighted by Gasteiger charge is 2.17. The Morgan fingerprint density at radius 1 is 1.26 bits per heavy atom. The van der Waals surface area contributed by atoms with Crippen molar-refractivity contribution >= 4 is 21.6 Å². The zero-order valence-corrected chi connectivity index (χ0v) is 13.0. The highest BCUT2D eigenvalue weighted by molar-refractivity contribution is 9.10. The van der Waals surface area contributed by atoms with Crippen molar-refractivity contribution in [2.45, 2.75) is 39.0 Å². The lowest BCUT2D eigenvalue weighted by molar-refractivity contribution is 0.282. The Morgan fingerprint density at radius 2 is 2.00 bits per heavy atom. The number of nitrogens with one attached hydrogen (secondary N) is 1. The molecule has 0 radical (unpaired) electrons. The number of halogens is 1. The van der Waals surface area contributed by atoms with Crippen LogP contribution in [0.4, 0.5) is 5.69 Å². The predicted molar refractivity (Wildman–Crippen MR) is 83.1 cm³/mol. The number of nitrogens with zero attached hydrogens (tertiary/aromatic N) is 1. The van der Waals surface area contributed by atoms with E-state index < -0.39 is 0 Å². The van der Waals surface area contributed by atoms with Crippen molar-refractivity contribution in [1.82, 2.24) is 0 Å². The largest absolute Gasteiger partial charge is 0.385 e. The molecule has 0 spiro atoms. The van der Waals surface area contributed by atoms with Crippen LogP contribution in [0.15, 0.2) is 22.7 Å². The first-order valence-electron chi connectivity index (χ1n) is 7.12. The third-order valence-corrected chi connectivity index (χ3v) is 4.50. The molecule has 3 heteroatoms. The van der Waals surface area contributed by atoms with Gasteiger partial charge in [-0.05, 0) is 36.5 Å². The zero-order chi connectivity index (χ0) is 13.7. The third kappa shape index (κ3) is 4.54. The molecular formula is C16H21BrN2. The van der Waals surface area contributed by atoms with Gasteiger partial charge in [-0.2, -0.15) is 5.26 Å². The Balaban J connectivity index is 1.79. The SMILES string of the molecule is CC1CCC(CCNc2cc(Br)cc(C#N)c2)CC1. The van der Waals surface area contributed by atoms with Crippen LogP contribution < -0.4 is 5.32 Å². The van der Waals surface area contributed by atoms with E-state index in [0.717, 1.165) is 28.5 Å². The van der Waals surface area contributed by atoms with Crippen LogP contribution in [0.5, 0.6) is 0 Å². The minimum atomic E-state index is 0.698. The standard InChI is InChI=1S/C16H21BrN2/c1-12-2-4-13(5-3-12)6-7-19-16-9-14(11-18)8-15(17)10-16/h8-10,12-13,19H,2-7H2,1H3. The quantitative estimate of drug-likeness (QED) is 0.852. The second kappa shape index (κ2) is 6.96. The van der Waals surface area contributed by atoms with Crippen LogP contribution in [0, 0.1) is 23.2 Å². The lowest BCUT2D eigenvalue weighted by Gasteiger charge is -2.26. The van der Waals surface area contributed by atoms with Crippen LogP contribution in [-0.4, -0.2) is 6.54 Å². The monoisotopic (exact) mass is 320 g/mol. The van der Waals surface area contributed by atoms with Gasteiger partial charge in [-0.1, -0.05) is 48.5 Å². The molecular weight excluding hydrogens is 300 g/mol. The van der Waals surface area contributed by atoms with Gasteiger partial charge in [0.05, 0.1) is 11.6 Å². The maximum atomic E-state index is 8.94. The molecule has 2 nitrogen and oxygen atoms in total. The molecule has 0 atom stereocenters. The van der Waals surface area contributed by atoms with Gasteiger partial charge in [0.15, 0.2) is 0 Å². The van der Waals surface area contributed by atoms with E-state index in [1.54, 1.807) is 0 Å². The van der Waals surface area contributed by atoms with Crippen LogP contribution in [0.1, 0.15) is 44.6 Å². The first-order chi connectivity index (χ1) is 9.17. The summed E-state index contributed by atoms with van der Waals surface area (Å²) in [6.45, 7) is 3.36. The number of hydrogen-bond acceptors (Lipinski definition) is 2. The van der Waals surface area contributed by atoms with E-state index >= 15 is 0 Å². The Bertz CT molecular complexity index is 456. The summed E-state index contributed by atoms with van der Waals surface area (Å²) in [6.07, 6.45) is 6.77. The summed E-state index contributed by atoms with van der Waals surface area (Å²) in [5.41, 5.74) is 1.73. The highest BCUT2D eigenvalue weighted by atomic mass is 79.9. The van der Waals surface area contributed by atoms with Crippen molar-refractivity contribution in [1.29, 1.82) is 5.26 Å². The molecule has 1 N–H and O–H groups in total. The molecule has 1 aliphatic carbocycles. The smallest absolute Gasteiger partial charge is 0.0992 e. The van der Waals surface area contributed by atoms with Crippen molar-refractivity contribution in [3.63, 3.8) is 0 Å². The van der Waals surface area contributed by atoms with Gasteiger partial charge in [0.2, 0.25) is 0 Å². The fraction of sp³-hybridized carbons (Fsp3) is 0.562. The number of rotatable bonds is 4. The molecule has 0 unspecified atom stereocenters. The number of anilines is 1. The van der Waals surface area contributed by atoms with E-state index in [2.05, 4.69) is 34.2 Å². The summed E-state index contributed by atoms with van der Waals surface area (Å²) in [4.78, 5) is 0. The van der Waals surface area contributed by atoms with E-state index in [4.69, 9.17) is 5.26 Å². The normalized spacial score (nSPS) is 22.8. The maximum absolute atomic E-state index is 8.94. The van der Waals surface area contributed by atoms with Crippen LogP contribution >= 0.6 is 15.9 Å². The van der Waals surface area contributed by atoms with Gasteiger partial charge >= 0.3 is 0 Å². The predicted octanol–water partition coefficient (Wildman–Crippen LogP) is 4.95. The number of benzene rings is 1. The van der Waals surface area contributed by atoms with Crippen molar-refractivity contribution in [2.75, 3.05) is 11.9 Å². The molecule has 0 saturated heterocycles. The van der Waals surface area contributed by atoms with Crippen molar-refractivity contribution in [3.8, 4) is 6.07 Å². The lowest BCUT2D eigenvalue weighted by atomic mass is 9.81. The molecule has 19 heavy (non-hydrogen) atoms. The van der Waals surface area contributed by atoms with Gasteiger partial charge < -0.3 is 5.32 Å². The van der Waals surface area contributed by atoms with E-state index in [1.807, 2.05) is 18.2 Å². The fourth-order valence-corrected chi connectivity index (χ4v) is 3.29. The molecule has 1 aromatic rings. The molecule has 1 aliphatic rings. The van der Waals surface area contributed by atoms with Gasteiger partial charge in [-0.15, -0.1) is 0 Å². The first kappa shape index (κ1) is 14.4. The van der Waals surface area contributed by atoms with Gasteiger partial charge in [-0.25, -0.2) is 0 Å². The van der Waals surface area contributed by atoms with Gasteiger partial charge in [-0.3, -0.25) is 0 Å². The van der Waals surface area contributed by atoms with Gasteiger partial charge in [0.25, 0.3) is 0 Å². The van der Waals surface area contributed by atoms with Crippen molar-refractivity contribution < 1.29 is 0 Å². The summed E-state index contributed by atoms with van der Waals surface area (Å²) in [7, 11) is 0. The van der Waals surface area contributed by atoms with Crippen molar-refractivity contribution in [3.05, 3.63) is 28.2 Å². The van der Waals surface area contributed by atoms with E-state index in [0.29, 0.717) is 5.56 Å². The van der Waals surface area contributed by atoms with E-state index in [-0.39, 0.29) is 0 Å². The Kier molecular flexibility index (Phi) is 5.27. The van der Waals surface area contributed by atoms with Crippen molar-refractivity contribution in [2.24, 2.45) is 11.8 Å². The summed E-state index contributed by atoms with van der Waals surface area (Å²) in [6, 6.07) is 7.97. The van der Waals surface area contributed by atoms with Crippen LogP contribution in [-0.2, 0) is 0 Å². The minimum absolute atomic E-state index is 0.698. The van der Waals surface area contributed by atoms with Gasteiger partial charge in [0.1, 0.15) is 0 Å². The molecule has 2 rings (SSSR count). The first-order valence-corrected chi connectivity index (χ1v) is 7.91. The summed E-state index contributed by atoms with van der Waals surface area (Å²) < 4.78 is 0.959. The van der Waals surface area contributed by atoms with Gasteiger partial charge in [0, 0.05) is 16.7 Å². The van der Waals surface area contributed by atoms with E-state index in [9.17, 15) is 0 Å². The molecule has 0 bridgehead atoms. The van der Waals surface area contributed by atoms with Crippen LogP contribution in [0.25, 0.3) is 0 Å². The summed E-state index contributed by atoms with van der Waals surface area (Å²) >= 11 is 3.44. The van der Waals surface area contributed by atoms with E-state index in [1.165, 1.54) is 32.1 Å². The molecule has 1 aromatic carbocycles. The number of hydrogen-bond donors (Lipinski definition) is 1. The maximum Gasteiger partial charge on any atom is 0.0992 e. The second-order valence-corrected chi connectivity index (χ2v) is 6.60. The Morgan fingerprint density at radius 3 is 2.68 bits per heavy atom. The van der Waals surface area contributed by atoms with Crippen LogP contribution in [0.2, 0.25) is 0 Å². The molecule has 1 saturated carbocycles. The second-order valence-electron chi connectivity index (χ2n) is 5.68. The topological polar surface area (TPSA) is 35.8 Å². The summed E-state index contributed by atoms with van der Waals surface area (Å²) in [5, 5.41) is 12.4. The average molecular weight is 321 g/mol. The Hall–Kier alpha value is -1.01.